The van der Waals surface area contributed by atoms with Gasteiger partial charge < -0.3 is 10.4 Å². The third-order valence-electron chi connectivity index (χ3n) is 2.91. The fourth-order valence-corrected chi connectivity index (χ4v) is 2.23. The predicted molar refractivity (Wildman–Crippen MR) is 78.7 cm³/mol. The number of carbonyl (C=O) groups excluding carboxylic acids is 1. The molecule has 0 saturated heterocycles. The average Bonchev–Trinajstić information content (AvgIpc) is 2.33. The van der Waals surface area contributed by atoms with Crippen LogP contribution in [0.2, 0.25) is 10.0 Å². The van der Waals surface area contributed by atoms with Crippen LogP contribution in [0.1, 0.15) is 32.3 Å². The molecule has 0 heterocycles. The van der Waals surface area contributed by atoms with Crippen LogP contribution in [0, 0.1) is 5.92 Å². The fraction of sp³-hybridized carbons (Fsp3) is 0.500. The molecule has 0 aliphatic rings. The monoisotopic (exact) mass is 303 g/mol. The molecule has 2 N–H and O–H groups in total. The lowest BCUT2D eigenvalue weighted by molar-refractivity contribution is -0.124. The van der Waals surface area contributed by atoms with Crippen LogP contribution in [0.5, 0.6) is 0 Å². The zero-order valence-corrected chi connectivity index (χ0v) is 12.8. The molecule has 0 aromatic heterocycles. The van der Waals surface area contributed by atoms with E-state index in [1.807, 2.05) is 19.9 Å². The lowest BCUT2D eigenvalue weighted by Crippen LogP contribution is -2.39. The highest BCUT2D eigenvalue weighted by atomic mass is 35.5. The minimum absolute atomic E-state index is 0.0854. The van der Waals surface area contributed by atoms with E-state index in [1.54, 1.807) is 19.1 Å². The summed E-state index contributed by atoms with van der Waals surface area (Å²) in [4.78, 5) is 12.3. The minimum atomic E-state index is -0.316. The molecule has 0 spiro atoms. The van der Waals surface area contributed by atoms with Gasteiger partial charge in [0.2, 0.25) is 5.91 Å². The Balaban J connectivity index is 3.00. The maximum absolute atomic E-state index is 12.3. The highest BCUT2D eigenvalue weighted by molar-refractivity contribution is 6.42. The molecule has 0 saturated carbocycles. The Morgan fingerprint density at radius 3 is 2.37 bits per heavy atom. The van der Waals surface area contributed by atoms with E-state index in [9.17, 15) is 4.79 Å². The summed E-state index contributed by atoms with van der Waals surface area (Å²) in [6.07, 6.45) is 0. The van der Waals surface area contributed by atoms with Gasteiger partial charge in [0.05, 0.1) is 22.6 Å². The molecule has 3 nitrogen and oxygen atoms in total. The van der Waals surface area contributed by atoms with Gasteiger partial charge in [-0.05, 0) is 30.5 Å². The average molecular weight is 304 g/mol. The van der Waals surface area contributed by atoms with Crippen molar-refractivity contribution < 1.29 is 9.90 Å². The number of halogens is 2. The van der Waals surface area contributed by atoms with Gasteiger partial charge in [0.1, 0.15) is 0 Å². The number of hydrogen-bond acceptors (Lipinski definition) is 2. The normalized spacial score (nSPS) is 14.3. The molecule has 5 heteroatoms. The summed E-state index contributed by atoms with van der Waals surface area (Å²) in [6, 6.07) is 4.95. The van der Waals surface area contributed by atoms with E-state index in [1.165, 1.54) is 0 Å². The third-order valence-corrected chi connectivity index (χ3v) is 3.65. The number of nitrogens with one attached hydrogen (secondary N) is 1. The molecule has 1 unspecified atom stereocenters. The first-order valence-corrected chi connectivity index (χ1v) is 6.98. The number of aliphatic hydroxyl groups excluding tert-OH is 1. The molecule has 1 aromatic rings. The van der Waals surface area contributed by atoms with Gasteiger partial charge in [0, 0.05) is 6.04 Å². The van der Waals surface area contributed by atoms with E-state index in [4.69, 9.17) is 28.3 Å². The van der Waals surface area contributed by atoms with Gasteiger partial charge in [-0.25, -0.2) is 0 Å². The van der Waals surface area contributed by atoms with Gasteiger partial charge in [0.15, 0.2) is 0 Å². The molecule has 0 fully saturated rings. The molecule has 1 aromatic carbocycles. The van der Waals surface area contributed by atoms with Crippen molar-refractivity contribution in [2.45, 2.75) is 32.7 Å². The summed E-state index contributed by atoms with van der Waals surface area (Å²) in [5.41, 5.74) is 0.826. The number of amides is 1. The quantitative estimate of drug-likeness (QED) is 0.877. The molecule has 19 heavy (non-hydrogen) atoms. The Morgan fingerprint density at radius 1 is 1.26 bits per heavy atom. The minimum Gasteiger partial charge on any atom is -0.394 e. The van der Waals surface area contributed by atoms with Crippen LogP contribution in [0.25, 0.3) is 0 Å². The SMILES string of the molecule is CC(C)C(C(=O)N[C@@H](C)CO)c1ccc(Cl)c(Cl)c1. The molecule has 1 rings (SSSR count). The van der Waals surface area contributed by atoms with E-state index in [-0.39, 0.29) is 30.4 Å². The van der Waals surface area contributed by atoms with Crippen molar-refractivity contribution in [3.05, 3.63) is 33.8 Å². The summed E-state index contributed by atoms with van der Waals surface area (Å²) in [7, 11) is 0. The van der Waals surface area contributed by atoms with Crippen molar-refractivity contribution in [2.75, 3.05) is 6.61 Å². The van der Waals surface area contributed by atoms with Gasteiger partial charge in [-0.2, -0.15) is 0 Å². The molecule has 1 amide bonds. The molecule has 0 bridgehead atoms. The summed E-state index contributed by atoms with van der Waals surface area (Å²) in [6.45, 7) is 5.61. The second kappa shape index (κ2) is 7.13. The van der Waals surface area contributed by atoms with Crippen LogP contribution in [-0.4, -0.2) is 23.7 Å². The van der Waals surface area contributed by atoms with Gasteiger partial charge >= 0.3 is 0 Å². The first kappa shape index (κ1) is 16.3. The fourth-order valence-electron chi connectivity index (χ4n) is 1.92. The Kier molecular flexibility index (Phi) is 6.11. The van der Waals surface area contributed by atoms with Gasteiger partial charge in [-0.15, -0.1) is 0 Å². The zero-order chi connectivity index (χ0) is 14.6. The Bertz CT molecular complexity index is 449. The van der Waals surface area contributed by atoms with Crippen molar-refractivity contribution in [1.82, 2.24) is 5.32 Å². The largest absolute Gasteiger partial charge is 0.394 e. The first-order chi connectivity index (χ1) is 8.86. The first-order valence-electron chi connectivity index (χ1n) is 6.23. The molecule has 2 atom stereocenters. The Labute approximate surface area is 123 Å². The van der Waals surface area contributed by atoms with E-state index >= 15 is 0 Å². The van der Waals surface area contributed by atoms with E-state index in [0.717, 1.165) is 5.56 Å². The Hall–Kier alpha value is -0.770. The molecule has 0 aliphatic carbocycles. The third kappa shape index (κ3) is 4.37. The molecule has 106 valence electrons. The number of aliphatic hydroxyl groups is 1. The maximum Gasteiger partial charge on any atom is 0.228 e. The highest BCUT2D eigenvalue weighted by Crippen LogP contribution is 2.30. The van der Waals surface area contributed by atoms with Crippen molar-refractivity contribution in [1.29, 1.82) is 0 Å². The van der Waals surface area contributed by atoms with Crippen molar-refractivity contribution in [3.63, 3.8) is 0 Å². The van der Waals surface area contributed by atoms with E-state index < -0.39 is 0 Å². The van der Waals surface area contributed by atoms with Crippen LogP contribution >= 0.6 is 23.2 Å². The summed E-state index contributed by atoms with van der Waals surface area (Å²) in [5, 5.41) is 12.7. The van der Waals surface area contributed by atoms with Gasteiger partial charge in [-0.3, -0.25) is 4.79 Å². The van der Waals surface area contributed by atoms with E-state index in [0.29, 0.717) is 10.0 Å². The molecular formula is C14H19Cl2NO2. The highest BCUT2D eigenvalue weighted by Gasteiger charge is 2.25. The summed E-state index contributed by atoms with van der Waals surface area (Å²) < 4.78 is 0. The summed E-state index contributed by atoms with van der Waals surface area (Å²) >= 11 is 11.9. The predicted octanol–water partition coefficient (Wildman–Crippen LogP) is 3.23. The second-order valence-electron chi connectivity index (χ2n) is 4.99. The standard InChI is InChI=1S/C14H19Cl2NO2/c1-8(2)13(14(19)17-9(3)7-18)10-4-5-11(15)12(16)6-10/h4-6,8-9,13,18H,7H2,1-3H3,(H,17,19)/t9-,13?/m0/s1. The van der Waals surface area contributed by atoms with Gasteiger partial charge in [-0.1, -0.05) is 43.1 Å². The molecule has 0 radical (unpaired) electrons. The molecular weight excluding hydrogens is 285 g/mol. The van der Waals surface area contributed by atoms with Crippen LogP contribution in [0.3, 0.4) is 0 Å². The topological polar surface area (TPSA) is 49.3 Å². The van der Waals surface area contributed by atoms with Crippen molar-refractivity contribution >= 4 is 29.1 Å². The second-order valence-corrected chi connectivity index (χ2v) is 5.80. The maximum atomic E-state index is 12.3. The van der Waals surface area contributed by atoms with Gasteiger partial charge in [0.25, 0.3) is 0 Å². The number of hydrogen-bond donors (Lipinski definition) is 2. The number of rotatable bonds is 5. The number of benzene rings is 1. The van der Waals surface area contributed by atoms with Crippen molar-refractivity contribution in [3.8, 4) is 0 Å². The zero-order valence-electron chi connectivity index (χ0n) is 11.3. The number of carbonyl (C=O) groups is 1. The molecule has 0 aliphatic heterocycles. The van der Waals surface area contributed by atoms with E-state index in [2.05, 4.69) is 5.32 Å². The van der Waals surface area contributed by atoms with Crippen LogP contribution in [0.4, 0.5) is 0 Å². The van der Waals surface area contributed by atoms with Crippen LogP contribution in [-0.2, 0) is 4.79 Å². The van der Waals surface area contributed by atoms with Crippen molar-refractivity contribution in [2.24, 2.45) is 5.92 Å². The lowest BCUT2D eigenvalue weighted by atomic mass is 9.87. The summed E-state index contributed by atoms with van der Waals surface area (Å²) in [5.74, 6) is -0.318. The van der Waals surface area contributed by atoms with Crippen LogP contribution in [0.15, 0.2) is 18.2 Å². The smallest absolute Gasteiger partial charge is 0.228 e. The van der Waals surface area contributed by atoms with Crippen LogP contribution < -0.4 is 5.32 Å². The Morgan fingerprint density at radius 2 is 1.89 bits per heavy atom. The lowest BCUT2D eigenvalue weighted by Gasteiger charge is -2.23.